The van der Waals surface area contributed by atoms with E-state index < -0.39 is 5.60 Å². The zero-order valence-corrected chi connectivity index (χ0v) is 19.0. The molecule has 164 valence electrons. The van der Waals surface area contributed by atoms with Crippen LogP contribution in [-0.2, 0) is 10.3 Å². The highest BCUT2D eigenvalue weighted by molar-refractivity contribution is 5.97. The topological polar surface area (TPSA) is 42.0 Å². The van der Waals surface area contributed by atoms with E-state index in [1.54, 1.807) is 12.1 Å². The third-order valence-corrected chi connectivity index (χ3v) is 5.78. The number of hydrogen-bond donors (Lipinski definition) is 0. The van der Waals surface area contributed by atoms with Crippen molar-refractivity contribution in [3.63, 3.8) is 0 Å². The predicted molar refractivity (Wildman–Crippen MR) is 129 cm³/mol. The minimum Gasteiger partial charge on any atom is -0.490 e. The number of hydrogen-bond acceptors (Lipinski definition) is 5. The summed E-state index contributed by atoms with van der Waals surface area (Å²) < 4.78 is 11.9. The van der Waals surface area contributed by atoms with Crippen LogP contribution >= 0.6 is 0 Å². The first-order valence-electron chi connectivity index (χ1n) is 10.5. The monoisotopic (exact) mass is 428 g/mol. The molecule has 3 aromatic rings. The number of benzene rings is 3. The van der Waals surface area contributed by atoms with Crippen LogP contribution in [0.5, 0.6) is 5.75 Å². The first-order chi connectivity index (χ1) is 15.4. The van der Waals surface area contributed by atoms with Crippen molar-refractivity contribution in [2.24, 2.45) is 0 Å². The van der Waals surface area contributed by atoms with Crippen molar-refractivity contribution in [3.05, 3.63) is 102 Å². The van der Waals surface area contributed by atoms with Crippen molar-refractivity contribution < 1.29 is 14.3 Å². The number of carbonyl (C=O) groups is 1. The van der Waals surface area contributed by atoms with Gasteiger partial charge in [-0.25, -0.2) is 4.79 Å². The third kappa shape index (κ3) is 3.60. The summed E-state index contributed by atoms with van der Waals surface area (Å²) in [5, 5.41) is 0. The maximum atomic E-state index is 13.1. The molecule has 0 saturated heterocycles. The molecular weight excluding hydrogens is 400 g/mol. The standard InChI is InChI=1S/C27H28N2O3/c1-6-17-31-23-15-16-25-24(18-23)26(30)32-27(25,19-7-11-21(12-8-19)28(2)3)20-9-13-22(14-10-20)29(4)5/h6-16,18H,1,17H2,2-5H3. The van der Waals surface area contributed by atoms with Crippen molar-refractivity contribution in [1.82, 2.24) is 0 Å². The Balaban J connectivity index is 1.90. The smallest absolute Gasteiger partial charge is 0.340 e. The van der Waals surface area contributed by atoms with E-state index in [4.69, 9.17) is 9.47 Å². The molecular formula is C27H28N2O3. The summed E-state index contributed by atoms with van der Waals surface area (Å²) in [6.45, 7) is 4.05. The summed E-state index contributed by atoms with van der Waals surface area (Å²) in [4.78, 5) is 17.2. The first-order valence-corrected chi connectivity index (χ1v) is 10.5. The molecule has 32 heavy (non-hydrogen) atoms. The van der Waals surface area contributed by atoms with Crippen LogP contribution in [0.2, 0.25) is 0 Å². The zero-order chi connectivity index (χ0) is 22.9. The number of nitrogens with zero attached hydrogens (tertiary/aromatic N) is 2. The van der Waals surface area contributed by atoms with Crippen LogP contribution in [0.1, 0.15) is 27.0 Å². The molecule has 0 N–H and O–H groups in total. The van der Waals surface area contributed by atoms with Gasteiger partial charge in [0.25, 0.3) is 0 Å². The zero-order valence-electron chi connectivity index (χ0n) is 19.0. The Kier molecular flexibility index (Phi) is 5.66. The molecule has 0 unspecified atom stereocenters. The van der Waals surface area contributed by atoms with Gasteiger partial charge in [0.2, 0.25) is 0 Å². The van der Waals surface area contributed by atoms with E-state index in [-0.39, 0.29) is 5.97 Å². The Morgan fingerprint density at radius 1 is 0.875 bits per heavy atom. The molecule has 0 fully saturated rings. The highest BCUT2D eigenvalue weighted by atomic mass is 16.6. The van der Waals surface area contributed by atoms with Gasteiger partial charge in [-0.15, -0.1) is 0 Å². The summed E-state index contributed by atoms with van der Waals surface area (Å²) >= 11 is 0. The summed E-state index contributed by atoms with van der Waals surface area (Å²) in [7, 11) is 8.00. The van der Waals surface area contributed by atoms with E-state index in [2.05, 4.69) is 6.58 Å². The fraction of sp³-hybridized carbons (Fsp3) is 0.222. The van der Waals surface area contributed by atoms with Crippen LogP contribution in [0.3, 0.4) is 0 Å². The second-order valence-electron chi connectivity index (χ2n) is 8.26. The van der Waals surface area contributed by atoms with Gasteiger partial charge in [0.05, 0.1) is 5.56 Å². The molecule has 1 aliphatic heterocycles. The second kappa shape index (κ2) is 8.42. The van der Waals surface area contributed by atoms with Gasteiger partial charge in [0, 0.05) is 56.3 Å². The lowest BCUT2D eigenvalue weighted by atomic mass is 9.79. The molecule has 0 atom stereocenters. The molecule has 5 nitrogen and oxygen atoms in total. The average molecular weight is 429 g/mol. The SMILES string of the molecule is C=CCOc1ccc2c(c1)C(=O)OC2(c1ccc(N(C)C)cc1)c1ccc(N(C)C)cc1. The van der Waals surface area contributed by atoms with Gasteiger partial charge in [-0.2, -0.15) is 0 Å². The summed E-state index contributed by atoms with van der Waals surface area (Å²) in [6, 6.07) is 21.8. The maximum Gasteiger partial charge on any atom is 0.340 e. The number of fused-ring (bicyclic) bond motifs is 1. The Morgan fingerprint density at radius 2 is 1.41 bits per heavy atom. The number of rotatable bonds is 7. The number of ether oxygens (including phenoxy) is 2. The van der Waals surface area contributed by atoms with E-state index >= 15 is 0 Å². The molecule has 3 aromatic carbocycles. The quantitative estimate of drug-likeness (QED) is 0.398. The van der Waals surface area contributed by atoms with Crippen molar-refractivity contribution in [3.8, 4) is 5.75 Å². The Labute approximate surface area is 189 Å². The van der Waals surface area contributed by atoms with E-state index in [1.807, 2.05) is 98.7 Å². The van der Waals surface area contributed by atoms with E-state index in [0.717, 1.165) is 28.1 Å². The van der Waals surface area contributed by atoms with E-state index in [9.17, 15) is 4.79 Å². The summed E-state index contributed by atoms with van der Waals surface area (Å²) in [5.41, 5.74) is 4.23. The lowest BCUT2D eigenvalue weighted by molar-refractivity contribution is 0.0251. The fourth-order valence-electron chi connectivity index (χ4n) is 4.08. The van der Waals surface area contributed by atoms with Crippen LogP contribution in [-0.4, -0.2) is 40.8 Å². The van der Waals surface area contributed by atoms with Crippen LogP contribution in [0.15, 0.2) is 79.4 Å². The Morgan fingerprint density at radius 3 is 1.88 bits per heavy atom. The predicted octanol–water partition coefficient (Wildman–Crippen LogP) is 4.85. The average Bonchev–Trinajstić information content (AvgIpc) is 3.10. The molecule has 0 aliphatic carbocycles. The van der Waals surface area contributed by atoms with Gasteiger partial charge >= 0.3 is 5.97 Å². The lowest BCUT2D eigenvalue weighted by Gasteiger charge is -2.31. The number of cyclic esters (lactones) is 1. The van der Waals surface area contributed by atoms with Gasteiger partial charge in [-0.3, -0.25) is 0 Å². The van der Waals surface area contributed by atoms with Crippen molar-refractivity contribution >= 4 is 17.3 Å². The third-order valence-electron chi connectivity index (χ3n) is 5.78. The molecule has 4 rings (SSSR count). The molecule has 0 radical (unpaired) electrons. The second-order valence-corrected chi connectivity index (χ2v) is 8.26. The molecule has 0 spiro atoms. The molecule has 0 saturated carbocycles. The first kappa shape index (κ1) is 21.5. The van der Waals surface area contributed by atoms with Gasteiger partial charge < -0.3 is 19.3 Å². The fourth-order valence-corrected chi connectivity index (χ4v) is 4.08. The van der Waals surface area contributed by atoms with E-state index in [0.29, 0.717) is 17.9 Å². The highest BCUT2D eigenvalue weighted by Crippen LogP contribution is 2.48. The molecule has 5 heteroatoms. The van der Waals surface area contributed by atoms with Crippen LogP contribution < -0.4 is 14.5 Å². The van der Waals surface area contributed by atoms with Crippen LogP contribution in [0.4, 0.5) is 11.4 Å². The number of esters is 1. The summed E-state index contributed by atoms with van der Waals surface area (Å²) in [6.07, 6.45) is 1.68. The Hall–Kier alpha value is -3.73. The highest BCUT2D eigenvalue weighted by Gasteiger charge is 2.48. The maximum absolute atomic E-state index is 13.1. The van der Waals surface area contributed by atoms with Gasteiger partial charge in [0.1, 0.15) is 12.4 Å². The lowest BCUT2D eigenvalue weighted by Crippen LogP contribution is -2.29. The molecule has 0 amide bonds. The summed E-state index contributed by atoms with van der Waals surface area (Å²) in [5.74, 6) is 0.250. The van der Waals surface area contributed by atoms with Gasteiger partial charge in [-0.05, 0) is 42.5 Å². The molecule has 0 bridgehead atoms. The number of carbonyl (C=O) groups excluding carboxylic acids is 1. The molecule has 1 heterocycles. The van der Waals surface area contributed by atoms with Gasteiger partial charge in [-0.1, -0.05) is 36.9 Å². The minimum atomic E-state index is -1.03. The van der Waals surface area contributed by atoms with Crippen molar-refractivity contribution in [1.29, 1.82) is 0 Å². The van der Waals surface area contributed by atoms with Crippen molar-refractivity contribution in [2.75, 3.05) is 44.6 Å². The van der Waals surface area contributed by atoms with E-state index in [1.165, 1.54) is 0 Å². The molecule has 1 aliphatic rings. The van der Waals surface area contributed by atoms with Crippen LogP contribution in [0.25, 0.3) is 0 Å². The normalized spacial score (nSPS) is 13.8. The minimum absolute atomic E-state index is 0.363. The largest absolute Gasteiger partial charge is 0.490 e. The van der Waals surface area contributed by atoms with Crippen molar-refractivity contribution in [2.45, 2.75) is 5.60 Å². The molecule has 0 aromatic heterocycles. The Bertz CT molecular complexity index is 1080. The van der Waals surface area contributed by atoms with Crippen LogP contribution in [0, 0.1) is 0 Å². The van der Waals surface area contributed by atoms with Gasteiger partial charge in [0.15, 0.2) is 5.60 Å². The number of anilines is 2.